The fourth-order valence-electron chi connectivity index (χ4n) is 1.91. The van der Waals surface area contributed by atoms with Gasteiger partial charge in [0.05, 0.1) is 0 Å². The highest BCUT2D eigenvalue weighted by atomic mass is 35.5. The minimum atomic E-state index is -0.662. The maximum absolute atomic E-state index is 10.7. The van der Waals surface area contributed by atoms with Crippen molar-refractivity contribution in [3.8, 4) is 0 Å². The first-order valence-electron chi connectivity index (χ1n) is 4.59. The van der Waals surface area contributed by atoms with Gasteiger partial charge < -0.3 is 5.11 Å². The van der Waals surface area contributed by atoms with Gasteiger partial charge in [0.1, 0.15) is 6.04 Å². The van der Waals surface area contributed by atoms with Crippen LogP contribution in [0.5, 0.6) is 0 Å². The first-order chi connectivity index (χ1) is 5.66. The summed E-state index contributed by atoms with van der Waals surface area (Å²) in [4.78, 5) is 12.6. The van der Waals surface area contributed by atoms with Crippen LogP contribution in [-0.4, -0.2) is 35.6 Å². The molecule has 13 heavy (non-hydrogen) atoms. The number of halogens is 1. The van der Waals surface area contributed by atoms with Crippen LogP contribution < -0.4 is 0 Å². The van der Waals surface area contributed by atoms with E-state index in [1.165, 1.54) is 0 Å². The summed E-state index contributed by atoms with van der Waals surface area (Å²) in [5, 5.41) is 8.83. The molecule has 1 rings (SSSR count). The quantitative estimate of drug-likeness (QED) is 0.762. The lowest BCUT2D eigenvalue weighted by atomic mass is 9.85. The second-order valence-corrected chi connectivity index (χ2v) is 3.62. The van der Waals surface area contributed by atoms with Crippen LogP contribution in [0.1, 0.15) is 26.2 Å². The van der Waals surface area contributed by atoms with Gasteiger partial charge in [-0.3, -0.25) is 9.69 Å². The van der Waals surface area contributed by atoms with Gasteiger partial charge in [-0.15, -0.1) is 12.4 Å². The fourth-order valence-corrected chi connectivity index (χ4v) is 1.91. The number of carboxylic acid groups (broad SMARTS) is 1. The van der Waals surface area contributed by atoms with E-state index in [0.29, 0.717) is 5.92 Å². The summed E-state index contributed by atoms with van der Waals surface area (Å²) >= 11 is 0. The Morgan fingerprint density at radius 3 is 2.62 bits per heavy atom. The number of likely N-dealkylation sites (N-methyl/N-ethyl adjacent to an activating group) is 1. The van der Waals surface area contributed by atoms with Crippen LogP contribution in [0.15, 0.2) is 0 Å². The van der Waals surface area contributed by atoms with Crippen LogP contribution in [0.4, 0.5) is 0 Å². The van der Waals surface area contributed by atoms with Gasteiger partial charge in [-0.2, -0.15) is 0 Å². The molecule has 2 unspecified atom stereocenters. The van der Waals surface area contributed by atoms with Crippen molar-refractivity contribution in [2.45, 2.75) is 32.2 Å². The molecule has 0 radical (unpaired) electrons. The Morgan fingerprint density at radius 1 is 1.62 bits per heavy atom. The largest absolute Gasteiger partial charge is 0.480 e. The summed E-state index contributed by atoms with van der Waals surface area (Å²) in [5.74, 6) is -0.266. The van der Waals surface area contributed by atoms with Gasteiger partial charge in [-0.1, -0.05) is 19.8 Å². The Balaban J connectivity index is 0.00000144. The number of rotatable bonds is 4. The van der Waals surface area contributed by atoms with Gasteiger partial charge in [-0.05, 0) is 19.4 Å². The van der Waals surface area contributed by atoms with Gasteiger partial charge in [0.2, 0.25) is 0 Å². The highest BCUT2D eigenvalue weighted by Crippen LogP contribution is 2.27. The van der Waals surface area contributed by atoms with E-state index in [1.807, 2.05) is 11.9 Å². The van der Waals surface area contributed by atoms with Crippen molar-refractivity contribution in [1.82, 2.24) is 4.90 Å². The van der Waals surface area contributed by atoms with Crippen LogP contribution in [0, 0.1) is 5.92 Å². The van der Waals surface area contributed by atoms with Crippen molar-refractivity contribution in [1.29, 1.82) is 0 Å². The Kier molecular flexibility index (Phi) is 5.33. The maximum atomic E-state index is 10.7. The van der Waals surface area contributed by atoms with Crippen LogP contribution in [0.2, 0.25) is 0 Å². The van der Waals surface area contributed by atoms with Gasteiger partial charge in [0.15, 0.2) is 0 Å². The van der Waals surface area contributed by atoms with Crippen molar-refractivity contribution in [3.05, 3.63) is 0 Å². The van der Waals surface area contributed by atoms with Gasteiger partial charge in [0.25, 0.3) is 0 Å². The van der Waals surface area contributed by atoms with E-state index in [2.05, 4.69) is 6.92 Å². The molecule has 0 bridgehead atoms. The molecular weight excluding hydrogens is 190 g/mol. The average Bonchev–Trinajstić information content (AvgIpc) is 1.95. The molecule has 1 fully saturated rings. The average molecular weight is 208 g/mol. The number of likely N-dealkylation sites (tertiary alicyclic amines) is 1. The highest BCUT2D eigenvalue weighted by Gasteiger charge is 2.40. The highest BCUT2D eigenvalue weighted by molar-refractivity contribution is 5.85. The third kappa shape index (κ3) is 2.85. The van der Waals surface area contributed by atoms with E-state index in [1.54, 1.807) is 0 Å². The predicted molar refractivity (Wildman–Crippen MR) is 54.3 cm³/mol. The van der Waals surface area contributed by atoms with E-state index in [9.17, 15) is 4.79 Å². The van der Waals surface area contributed by atoms with Crippen molar-refractivity contribution in [2.24, 2.45) is 5.92 Å². The molecule has 0 saturated carbocycles. The first-order valence-corrected chi connectivity index (χ1v) is 4.59. The summed E-state index contributed by atoms with van der Waals surface area (Å²) < 4.78 is 0. The SMILES string of the molecule is CCCCC1CN(C)C1C(=O)O.Cl. The van der Waals surface area contributed by atoms with Gasteiger partial charge in [-0.25, -0.2) is 0 Å². The summed E-state index contributed by atoms with van der Waals surface area (Å²) in [7, 11) is 1.88. The lowest BCUT2D eigenvalue weighted by Crippen LogP contribution is -2.57. The molecule has 1 aliphatic rings. The Morgan fingerprint density at radius 2 is 2.23 bits per heavy atom. The first kappa shape index (κ1) is 12.7. The van der Waals surface area contributed by atoms with Crippen LogP contribution in [-0.2, 0) is 4.79 Å². The smallest absolute Gasteiger partial charge is 0.321 e. The van der Waals surface area contributed by atoms with Crippen molar-refractivity contribution in [3.63, 3.8) is 0 Å². The summed E-state index contributed by atoms with van der Waals surface area (Å²) in [6.07, 6.45) is 3.38. The zero-order valence-corrected chi connectivity index (χ0v) is 9.01. The number of carboxylic acids is 1. The second kappa shape index (κ2) is 5.45. The third-order valence-electron chi connectivity index (χ3n) is 2.63. The van der Waals surface area contributed by atoms with E-state index in [-0.39, 0.29) is 18.4 Å². The lowest BCUT2D eigenvalue weighted by molar-refractivity contribution is -0.152. The van der Waals surface area contributed by atoms with E-state index < -0.39 is 5.97 Å². The van der Waals surface area contributed by atoms with Crippen molar-refractivity contribution < 1.29 is 9.90 Å². The summed E-state index contributed by atoms with van der Waals surface area (Å²) in [6.45, 7) is 3.09. The summed E-state index contributed by atoms with van der Waals surface area (Å²) in [6, 6.07) is -0.212. The molecular formula is C9H18ClNO2. The molecule has 1 aliphatic heterocycles. The zero-order chi connectivity index (χ0) is 9.14. The van der Waals surface area contributed by atoms with Gasteiger partial charge >= 0.3 is 5.97 Å². The van der Waals surface area contributed by atoms with Crippen molar-refractivity contribution in [2.75, 3.05) is 13.6 Å². The number of hydrogen-bond donors (Lipinski definition) is 1. The number of aliphatic carboxylic acids is 1. The predicted octanol–water partition coefficient (Wildman–Crippen LogP) is 1.61. The zero-order valence-electron chi connectivity index (χ0n) is 8.19. The van der Waals surface area contributed by atoms with E-state index in [0.717, 1.165) is 25.8 Å². The molecule has 0 aromatic heterocycles. The normalized spacial score (nSPS) is 27.5. The molecule has 0 aromatic rings. The molecule has 1 N–H and O–H groups in total. The monoisotopic (exact) mass is 207 g/mol. The second-order valence-electron chi connectivity index (χ2n) is 3.62. The standard InChI is InChI=1S/C9H17NO2.ClH/c1-3-4-5-7-6-10(2)8(7)9(11)12;/h7-8H,3-6H2,1-2H3,(H,11,12);1H. The van der Waals surface area contributed by atoms with E-state index in [4.69, 9.17) is 5.11 Å². The fraction of sp³-hybridized carbons (Fsp3) is 0.889. The van der Waals surface area contributed by atoms with Gasteiger partial charge in [0, 0.05) is 6.54 Å². The van der Waals surface area contributed by atoms with Crippen LogP contribution in [0.25, 0.3) is 0 Å². The molecule has 0 aliphatic carbocycles. The molecule has 1 heterocycles. The molecule has 0 amide bonds. The lowest BCUT2D eigenvalue weighted by Gasteiger charge is -2.43. The Bertz CT molecular complexity index is 175. The Hall–Kier alpha value is -0.280. The van der Waals surface area contributed by atoms with Crippen molar-refractivity contribution >= 4 is 18.4 Å². The molecule has 0 aromatic carbocycles. The molecule has 4 heteroatoms. The summed E-state index contributed by atoms with van der Waals surface area (Å²) in [5.41, 5.74) is 0. The minimum absolute atomic E-state index is 0. The van der Waals surface area contributed by atoms with Crippen LogP contribution in [0.3, 0.4) is 0 Å². The minimum Gasteiger partial charge on any atom is -0.480 e. The topological polar surface area (TPSA) is 40.5 Å². The molecule has 1 saturated heterocycles. The molecule has 0 spiro atoms. The number of hydrogen-bond acceptors (Lipinski definition) is 2. The van der Waals surface area contributed by atoms with E-state index >= 15 is 0 Å². The number of unbranched alkanes of at least 4 members (excludes halogenated alkanes) is 1. The number of carbonyl (C=O) groups is 1. The number of nitrogens with zero attached hydrogens (tertiary/aromatic N) is 1. The molecule has 2 atom stereocenters. The molecule has 3 nitrogen and oxygen atoms in total. The maximum Gasteiger partial charge on any atom is 0.321 e. The Labute approximate surface area is 85.5 Å². The molecule has 78 valence electrons. The third-order valence-corrected chi connectivity index (χ3v) is 2.63. The van der Waals surface area contributed by atoms with Crippen LogP contribution >= 0.6 is 12.4 Å².